The Morgan fingerprint density at radius 3 is 1.64 bits per heavy atom. The highest BCUT2D eigenvalue weighted by molar-refractivity contribution is 7.26. The van der Waals surface area contributed by atoms with Crippen LogP contribution in [-0.2, 0) is 0 Å². The summed E-state index contributed by atoms with van der Waals surface area (Å²) >= 11 is 1.89. The molecular formula is C56H40N2S. The van der Waals surface area contributed by atoms with Crippen LogP contribution < -0.4 is 4.90 Å². The summed E-state index contributed by atoms with van der Waals surface area (Å²) in [6, 6.07) is 75.7. The molecule has 59 heavy (non-hydrogen) atoms. The molecule has 0 aliphatic rings. The van der Waals surface area contributed by atoms with Gasteiger partial charge in [-0.3, -0.25) is 0 Å². The van der Waals surface area contributed by atoms with Crippen LogP contribution in [0.3, 0.4) is 0 Å². The number of para-hydroxylation sites is 3. The Labute approximate surface area is 348 Å². The molecular weight excluding hydrogens is 733 g/mol. The molecule has 11 aromatic rings. The normalized spacial score (nSPS) is 11.6. The van der Waals surface area contributed by atoms with Gasteiger partial charge in [-0.15, -0.1) is 11.3 Å². The van der Waals surface area contributed by atoms with Gasteiger partial charge < -0.3 is 9.47 Å². The van der Waals surface area contributed by atoms with E-state index in [0.717, 1.165) is 22.7 Å². The lowest BCUT2D eigenvalue weighted by Crippen LogP contribution is -2.12. The summed E-state index contributed by atoms with van der Waals surface area (Å²) in [7, 11) is 0. The third-order valence-electron chi connectivity index (χ3n) is 11.8. The van der Waals surface area contributed by atoms with Crippen molar-refractivity contribution in [2.45, 2.75) is 13.8 Å². The molecule has 0 saturated carbocycles. The number of fused-ring (bicyclic) bond motifs is 6. The van der Waals surface area contributed by atoms with Gasteiger partial charge in [0.25, 0.3) is 0 Å². The molecule has 0 fully saturated rings. The van der Waals surface area contributed by atoms with Gasteiger partial charge in [-0.2, -0.15) is 0 Å². The van der Waals surface area contributed by atoms with Gasteiger partial charge in [-0.1, -0.05) is 151 Å². The maximum absolute atomic E-state index is 2.48. The first-order valence-electron chi connectivity index (χ1n) is 20.3. The van der Waals surface area contributed by atoms with Crippen molar-refractivity contribution in [1.82, 2.24) is 4.57 Å². The molecule has 280 valence electrons. The molecule has 0 amide bonds. The fourth-order valence-corrected chi connectivity index (χ4v) is 10.2. The summed E-state index contributed by atoms with van der Waals surface area (Å²) < 4.78 is 5.03. The summed E-state index contributed by atoms with van der Waals surface area (Å²) in [5.74, 6) is 0. The molecule has 0 radical (unpaired) electrons. The molecule has 0 spiro atoms. The number of aryl methyl sites for hydroxylation is 2. The molecule has 0 atom stereocenters. The standard InChI is InChI=1S/C56H40N2S/c1-37-29-31-41(32-30-37)57(54-36-48(40-19-7-4-8-20-40)47(33-38(54)2)39-17-5-3-6-18-39)42-34-49(56-50(35-42)46-24-12-16-28-55(46)59-56)45-23-11-15-27-53(45)58-51-25-13-9-21-43(51)44-22-10-14-26-52(44)58/h3-36H,1-2H3. The number of thiophene rings is 1. The molecule has 0 saturated heterocycles. The molecule has 2 nitrogen and oxygen atoms in total. The van der Waals surface area contributed by atoms with E-state index in [-0.39, 0.29) is 0 Å². The van der Waals surface area contributed by atoms with Crippen molar-refractivity contribution in [1.29, 1.82) is 0 Å². The van der Waals surface area contributed by atoms with E-state index in [1.54, 1.807) is 0 Å². The Kier molecular flexibility index (Phi) is 8.49. The van der Waals surface area contributed by atoms with Crippen molar-refractivity contribution in [3.8, 4) is 39.1 Å². The molecule has 0 unspecified atom stereocenters. The predicted octanol–water partition coefficient (Wildman–Crippen LogP) is 16.2. The molecule has 0 N–H and O–H groups in total. The van der Waals surface area contributed by atoms with Crippen LogP contribution in [-0.4, -0.2) is 4.57 Å². The SMILES string of the molecule is Cc1ccc(N(c2cc(-c3ccccc3-n3c4ccccc4c4ccccc43)c3sc4ccccc4c3c2)c2cc(-c3ccccc3)c(-c3ccccc3)cc2C)cc1. The number of aromatic nitrogens is 1. The molecule has 2 heterocycles. The number of rotatable bonds is 7. The zero-order chi connectivity index (χ0) is 39.5. The third kappa shape index (κ3) is 5.93. The number of hydrogen-bond acceptors (Lipinski definition) is 2. The van der Waals surface area contributed by atoms with Crippen molar-refractivity contribution < 1.29 is 0 Å². The van der Waals surface area contributed by atoms with Crippen molar-refractivity contribution in [3.05, 3.63) is 217 Å². The van der Waals surface area contributed by atoms with Gasteiger partial charge in [0.1, 0.15) is 0 Å². The van der Waals surface area contributed by atoms with E-state index < -0.39 is 0 Å². The summed E-state index contributed by atoms with van der Waals surface area (Å²) in [6.07, 6.45) is 0. The first-order chi connectivity index (χ1) is 29.1. The van der Waals surface area contributed by atoms with E-state index in [1.807, 2.05) is 11.3 Å². The fraction of sp³-hybridized carbons (Fsp3) is 0.0357. The predicted molar refractivity (Wildman–Crippen MR) is 254 cm³/mol. The minimum atomic E-state index is 1.12. The van der Waals surface area contributed by atoms with Crippen molar-refractivity contribution in [3.63, 3.8) is 0 Å². The van der Waals surface area contributed by atoms with Crippen LogP contribution >= 0.6 is 11.3 Å². The van der Waals surface area contributed by atoms with Crippen LogP contribution in [0.1, 0.15) is 11.1 Å². The Bertz CT molecular complexity index is 3280. The molecule has 0 aliphatic heterocycles. The fourth-order valence-electron chi connectivity index (χ4n) is 8.99. The summed E-state index contributed by atoms with van der Waals surface area (Å²) in [5.41, 5.74) is 16.6. The van der Waals surface area contributed by atoms with Crippen molar-refractivity contribution in [2.24, 2.45) is 0 Å². The number of hydrogen-bond donors (Lipinski definition) is 0. The second-order valence-corrected chi connectivity index (χ2v) is 16.5. The van der Waals surface area contributed by atoms with Gasteiger partial charge in [0.05, 0.1) is 16.7 Å². The molecule has 0 aliphatic carbocycles. The first kappa shape index (κ1) is 35.0. The van der Waals surface area contributed by atoms with E-state index >= 15 is 0 Å². The molecule has 2 aromatic heterocycles. The smallest absolute Gasteiger partial charge is 0.0541 e. The lowest BCUT2D eigenvalue weighted by Gasteiger charge is -2.29. The molecule has 0 bridgehead atoms. The van der Waals surface area contributed by atoms with Crippen molar-refractivity contribution in [2.75, 3.05) is 4.90 Å². The summed E-state index contributed by atoms with van der Waals surface area (Å²) in [5, 5.41) is 5.05. The monoisotopic (exact) mass is 772 g/mol. The van der Waals surface area contributed by atoms with Crippen LogP contribution in [0.2, 0.25) is 0 Å². The molecule has 9 aromatic carbocycles. The quantitative estimate of drug-likeness (QED) is 0.157. The topological polar surface area (TPSA) is 8.17 Å². The lowest BCUT2D eigenvalue weighted by molar-refractivity contribution is 1.18. The Morgan fingerprint density at radius 1 is 0.407 bits per heavy atom. The first-order valence-corrected chi connectivity index (χ1v) is 21.1. The van der Waals surface area contributed by atoms with Crippen LogP contribution in [0.25, 0.3) is 81.0 Å². The number of anilines is 3. The molecule has 11 rings (SSSR count). The Morgan fingerprint density at radius 2 is 0.966 bits per heavy atom. The highest BCUT2D eigenvalue weighted by atomic mass is 32.1. The number of benzene rings is 9. The van der Waals surface area contributed by atoms with Crippen molar-refractivity contribution >= 4 is 70.4 Å². The molecule has 3 heteroatoms. The van der Waals surface area contributed by atoms with Gasteiger partial charge in [0.2, 0.25) is 0 Å². The van der Waals surface area contributed by atoms with Crippen LogP contribution in [0.15, 0.2) is 206 Å². The summed E-state index contributed by atoms with van der Waals surface area (Å²) in [4.78, 5) is 2.48. The highest BCUT2D eigenvalue weighted by Crippen LogP contribution is 2.49. The highest BCUT2D eigenvalue weighted by Gasteiger charge is 2.24. The van der Waals surface area contributed by atoms with Crippen LogP contribution in [0, 0.1) is 13.8 Å². The minimum absolute atomic E-state index is 1.12. The van der Waals surface area contributed by atoms with Gasteiger partial charge in [-0.05, 0) is 102 Å². The minimum Gasteiger partial charge on any atom is -0.310 e. The van der Waals surface area contributed by atoms with Gasteiger partial charge in [-0.25, -0.2) is 0 Å². The van der Waals surface area contributed by atoms with E-state index in [9.17, 15) is 0 Å². The zero-order valence-electron chi connectivity index (χ0n) is 32.9. The zero-order valence-corrected chi connectivity index (χ0v) is 33.7. The van der Waals surface area contributed by atoms with E-state index in [2.05, 4.69) is 230 Å². The van der Waals surface area contributed by atoms with Crippen LogP contribution in [0.4, 0.5) is 17.1 Å². The van der Waals surface area contributed by atoms with Gasteiger partial charge >= 0.3 is 0 Å². The van der Waals surface area contributed by atoms with Crippen LogP contribution in [0.5, 0.6) is 0 Å². The average molecular weight is 773 g/mol. The maximum atomic E-state index is 2.48. The maximum Gasteiger partial charge on any atom is 0.0541 e. The third-order valence-corrected chi connectivity index (χ3v) is 13.0. The van der Waals surface area contributed by atoms with E-state index in [0.29, 0.717) is 0 Å². The van der Waals surface area contributed by atoms with E-state index in [4.69, 9.17) is 0 Å². The van der Waals surface area contributed by atoms with Gasteiger partial charge in [0.15, 0.2) is 0 Å². The second kappa shape index (κ2) is 14.3. The number of nitrogens with zero attached hydrogens (tertiary/aromatic N) is 2. The largest absolute Gasteiger partial charge is 0.310 e. The second-order valence-electron chi connectivity index (χ2n) is 15.4. The Balaban J connectivity index is 1.22. The lowest BCUT2D eigenvalue weighted by atomic mass is 9.91. The Hall–Kier alpha value is -7.20. The summed E-state index contributed by atoms with van der Waals surface area (Å²) in [6.45, 7) is 4.42. The van der Waals surface area contributed by atoms with Gasteiger partial charge in [0, 0.05) is 59.1 Å². The average Bonchev–Trinajstić information content (AvgIpc) is 3.84. The van der Waals surface area contributed by atoms with E-state index in [1.165, 1.54) is 86.5 Å².